The molecule has 1 saturated heterocycles. The van der Waals surface area contributed by atoms with Crippen molar-refractivity contribution in [1.29, 1.82) is 0 Å². The molecule has 0 radical (unpaired) electrons. The van der Waals surface area contributed by atoms with Crippen molar-refractivity contribution in [3.8, 4) is 5.75 Å². The van der Waals surface area contributed by atoms with Crippen molar-refractivity contribution in [3.05, 3.63) is 64.2 Å². The summed E-state index contributed by atoms with van der Waals surface area (Å²) >= 11 is 6.00. The molecule has 1 aliphatic heterocycles. The number of halogens is 1. The average molecular weight is 371 g/mol. The summed E-state index contributed by atoms with van der Waals surface area (Å²) in [5, 5.41) is 2.62. The molecular weight excluding hydrogens is 356 g/mol. The van der Waals surface area contributed by atoms with Gasteiger partial charge in [0.25, 0.3) is 11.8 Å². The van der Waals surface area contributed by atoms with E-state index in [1.807, 2.05) is 0 Å². The number of ether oxygens (including phenoxy) is 1. The molecule has 0 aromatic heterocycles. The molecule has 3 rings (SSSR count). The molecule has 1 fully saturated rings. The Kier molecular flexibility index (Phi) is 4.77. The van der Waals surface area contributed by atoms with Crippen molar-refractivity contribution in [2.45, 2.75) is 6.92 Å². The fraction of sp³-hybridized carbons (Fsp3) is 0.105. The van der Waals surface area contributed by atoms with E-state index in [0.29, 0.717) is 22.0 Å². The Morgan fingerprint density at radius 3 is 2.54 bits per heavy atom. The fourth-order valence-corrected chi connectivity index (χ4v) is 2.84. The molecule has 0 atom stereocenters. The highest BCUT2D eigenvalue weighted by molar-refractivity contribution is 6.39. The summed E-state index contributed by atoms with van der Waals surface area (Å²) in [5.74, 6) is -1.04. The molecule has 0 unspecified atom stereocenters. The third-order valence-corrected chi connectivity index (χ3v) is 4.18. The number of hydrogen-bond donors (Lipinski definition) is 1. The zero-order valence-electron chi connectivity index (χ0n) is 14.1. The molecule has 0 saturated carbocycles. The number of benzene rings is 2. The Bertz CT molecular complexity index is 952. The van der Waals surface area contributed by atoms with Gasteiger partial charge in [-0.3, -0.25) is 14.9 Å². The second-order valence-corrected chi connectivity index (χ2v) is 6.07. The van der Waals surface area contributed by atoms with E-state index in [0.717, 1.165) is 10.5 Å². The van der Waals surface area contributed by atoms with E-state index in [1.165, 1.54) is 13.2 Å². The number of carbonyl (C=O) groups excluding carboxylic acids is 3. The summed E-state index contributed by atoms with van der Waals surface area (Å²) in [6.45, 7) is 1.77. The van der Waals surface area contributed by atoms with Crippen molar-refractivity contribution < 1.29 is 19.1 Å². The highest BCUT2D eigenvalue weighted by Crippen LogP contribution is 2.28. The molecule has 6 nitrogen and oxygen atoms in total. The first kappa shape index (κ1) is 17.7. The number of barbiturate groups is 1. The third kappa shape index (κ3) is 3.19. The van der Waals surface area contributed by atoms with Gasteiger partial charge in [-0.05, 0) is 42.8 Å². The number of imide groups is 2. The molecule has 2 aromatic rings. The van der Waals surface area contributed by atoms with Crippen LogP contribution < -0.4 is 15.0 Å². The Hall–Kier alpha value is -3.12. The first-order valence-electron chi connectivity index (χ1n) is 7.73. The number of nitrogens with one attached hydrogen (secondary N) is 1. The Morgan fingerprint density at radius 2 is 1.85 bits per heavy atom. The zero-order valence-corrected chi connectivity index (χ0v) is 14.8. The van der Waals surface area contributed by atoms with Crippen LogP contribution in [0.5, 0.6) is 5.75 Å². The van der Waals surface area contributed by atoms with Crippen molar-refractivity contribution in [2.75, 3.05) is 12.0 Å². The predicted octanol–water partition coefficient (Wildman–Crippen LogP) is 3.32. The van der Waals surface area contributed by atoms with Gasteiger partial charge in [0.1, 0.15) is 11.3 Å². The van der Waals surface area contributed by atoms with Gasteiger partial charge < -0.3 is 4.74 Å². The van der Waals surface area contributed by atoms with E-state index in [1.54, 1.807) is 49.4 Å². The number of nitrogens with zero attached hydrogens (tertiary/aromatic N) is 1. The summed E-state index contributed by atoms with van der Waals surface area (Å²) in [4.78, 5) is 38.3. The summed E-state index contributed by atoms with van der Waals surface area (Å²) in [7, 11) is 1.47. The van der Waals surface area contributed by atoms with E-state index in [2.05, 4.69) is 5.32 Å². The highest BCUT2D eigenvalue weighted by atomic mass is 35.5. The number of aryl methyl sites for hydroxylation is 1. The van der Waals surface area contributed by atoms with Crippen LogP contribution in [0.3, 0.4) is 0 Å². The van der Waals surface area contributed by atoms with E-state index in [9.17, 15) is 14.4 Å². The van der Waals surface area contributed by atoms with Crippen LogP contribution in [0, 0.1) is 6.92 Å². The van der Waals surface area contributed by atoms with E-state index in [-0.39, 0.29) is 5.57 Å². The molecule has 2 aromatic carbocycles. The largest absolute Gasteiger partial charge is 0.496 e. The van der Waals surface area contributed by atoms with Crippen LogP contribution in [-0.4, -0.2) is 25.0 Å². The fourth-order valence-electron chi connectivity index (χ4n) is 2.66. The number of para-hydroxylation sites is 1. The highest BCUT2D eigenvalue weighted by Gasteiger charge is 2.37. The number of urea groups is 1. The van der Waals surface area contributed by atoms with Crippen LogP contribution >= 0.6 is 11.6 Å². The summed E-state index contributed by atoms with van der Waals surface area (Å²) < 4.78 is 5.24. The molecule has 0 aliphatic carbocycles. The maximum absolute atomic E-state index is 12.9. The third-order valence-electron chi connectivity index (χ3n) is 3.95. The molecular formula is C19H15ClN2O4. The van der Waals surface area contributed by atoms with Gasteiger partial charge in [0.05, 0.1) is 12.8 Å². The smallest absolute Gasteiger partial charge is 0.335 e. The molecule has 0 bridgehead atoms. The second kappa shape index (κ2) is 7.01. The van der Waals surface area contributed by atoms with Crippen LogP contribution in [0.1, 0.15) is 11.1 Å². The summed E-state index contributed by atoms with van der Waals surface area (Å²) in [6.07, 6.45) is 1.36. The van der Waals surface area contributed by atoms with Crippen molar-refractivity contribution in [1.82, 2.24) is 5.32 Å². The minimum absolute atomic E-state index is 0.187. The monoisotopic (exact) mass is 370 g/mol. The van der Waals surface area contributed by atoms with Crippen molar-refractivity contribution in [2.24, 2.45) is 0 Å². The van der Waals surface area contributed by atoms with Gasteiger partial charge >= 0.3 is 6.03 Å². The Morgan fingerprint density at radius 1 is 1.12 bits per heavy atom. The number of hydrogen-bond acceptors (Lipinski definition) is 4. The van der Waals surface area contributed by atoms with Crippen LogP contribution in [0.25, 0.3) is 6.08 Å². The van der Waals surface area contributed by atoms with E-state index < -0.39 is 17.8 Å². The molecule has 26 heavy (non-hydrogen) atoms. The first-order chi connectivity index (χ1) is 12.4. The summed E-state index contributed by atoms with van der Waals surface area (Å²) in [6, 6.07) is 11.0. The van der Waals surface area contributed by atoms with E-state index in [4.69, 9.17) is 16.3 Å². The number of methoxy groups -OCH3 is 1. The van der Waals surface area contributed by atoms with Gasteiger partial charge in [-0.1, -0.05) is 29.8 Å². The van der Waals surface area contributed by atoms with Crippen LogP contribution in [0.4, 0.5) is 10.5 Å². The van der Waals surface area contributed by atoms with Gasteiger partial charge in [0.15, 0.2) is 0 Å². The lowest BCUT2D eigenvalue weighted by atomic mass is 10.1. The SMILES string of the molecule is COc1ccc(Cl)cc1/C=C1\C(=O)NC(=O)N(c2ccccc2C)C1=O. The molecule has 1 N–H and O–H groups in total. The van der Waals surface area contributed by atoms with Gasteiger partial charge in [-0.25, -0.2) is 9.69 Å². The molecule has 1 aliphatic rings. The zero-order chi connectivity index (χ0) is 18.8. The quantitative estimate of drug-likeness (QED) is 0.664. The van der Waals surface area contributed by atoms with Gasteiger partial charge in [0, 0.05) is 10.6 Å². The number of anilines is 1. The maximum atomic E-state index is 12.9. The van der Waals surface area contributed by atoms with E-state index >= 15 is 0 Å². The lowest BCUT2D eigenvalue weighted by molar-refractivity contribution is -0.122. The standard InChI is InChI=1S/C19H15ClN2O4/c1-11-5-3-4-6-15(11)22-18(24)14(17(23)21-19(22)25)10-12-9-13(20)7-8-16(12)26-2/h3-10H,1-2H3,(H,21,23,25)/b14-10+. The minimum Gasteiger partial charge on any atom is -0.496 e. The van der Waals surface area contributed by atoms with Crippen LogP contribution in [0.15, 0.2) is 48.0 Å². The first-order valence-corrected chi connectivity index (χ1v) is 8.11. The second-order valence-electron chi connectivity index (χ2n) is 5.63. The molecule has 7 heteroatoms. The molecule has 1 heterocycles. The average Bonchev–Trinajstić information content (AvgIpc) is 2.60. The lowest BCUT2D eigenvalue weighted by Gasteiger charge is -2.27. The van der Waals surface area contributed by atoms with Gasteiger partial charge in [-0.2, -0.15) is 0 Å². The van der Waals surface area contributed by atoms with Gasteiger partial charge in [-0.15, -0.1) is 0 Å². The minimum atomic E-state index is -0.787. The van der Waals surface area contributed by atoms with Crippen molar-refractivity contribution in [3.63, 3.8) is 0 Å². The topological polar surface area (TPSA) is 75.7 Å². The summed E-state index contributed by atoms with van der Waals surface area (Å²) in [5.41, 5.74) is 1.41. The van der Waals surface area contributed by atoms with Gasteiger partial charge in [0.2, 0.25) is 0 Å². The van der Waals surface area contributed by atoms with Crippen molar-refractivity contribution >= 4 is 41.2 Å². The number of amides is 4. The molecule has 132 valence electrons. The molecule has 0 spiro atoms. The number of carbonyl (C=O) groups is 3. The lowest BCUT2D eigenvalue weighted by Crippen LogP contribution is -2.54. The Balaban J connectivity index is 2.09. The number of rotatable bonds is 3. The normalized spacial score (nSPS) is 16.0. The predicted molar refractivity (Wildman–Crippen MR) is 98.2 cm³/mol. The maximum Gasteiger partial charge on any atom is 0.335 e. The van der Waals surface area contributed by atoms with Crippen LogP contribution in [0.2, 0.25) is 5.02 Å². The van der Waals surface area contributed by atoms with Crippen LogP contribution in [-0.2, 0) is 9.59 Å². The molecule has 4 amide bonds. The Labute approximate surface area is 155 Å².